The van der Waals surface area contributed by atoms with Crippen molar-refractivity contribution in [1.82, 2.24) is 19.7 Å². The number of amides is 1. The fraction of sp³-hybridized carbons (Fsp3) is 0.348. The highest BCUT2D eigenvalue weighted by Crippen LogP contribution is 2.27. The molecule has 1 fully saturated rings. The third-order valence-corrected chi connectivity index (χ3v) is 5.55. The molecule has 3 aromatic rings. The lowest BCUT2D eigenvalue weighted by molar-refractivity contribution is 0.0592. The van der Waals surface area contributed by atoms with Crippen LogP contribution < -0.4 is 4.74 Å². The Balaban J connectivity index is 1.40. The molecule has 0 atom stereocenters. The number of piperidine rings is 1. The summed E-state index contributed by atoms with van der Waals surface area (Å²) >= 11 is 0. The van der Waals surface area contributed by atoms with Crippen LogP contribution in [0, 0.1) is 20.8 Å². The van der Waals surface area contributed by atoms with Gasteiger partial charge in [0.1, 0.15) is 24.5 Å². The fourth-order valence-electron chi connectivity index (χ4n) is 3.87. The van der Waals surface area contributed by atoms with Crippen LogP contribution in [0.25, 0.3) is 5.69 Å². The molecule has 4 rings (SSSR count). The number of hydrogen-bond acceptors (Lipinski definition) is 4. The van der Waals surface area contributed by atoms with Gasteiger partial charge < -0.3 is 9.64 Å². The maximum Gasteiger partial charge on any atom is 0.254 e. The highest BCUT2D eigenvalue weighted by atomic mass is 16.5. The number of hydrogen-bond donors (Lipinski definition) is 0. The molecule has 0 bridgehead atoms. The number of aromatic nitrogens is 3. The Labute approximate surface area is 171 Å². The summed E-state index contributed by atoms with van der Waals surface area (Å²) < 4.78 is 7.97. The predicted molar refractivity (Wildman–Crippen MR) is 112 cm³/mol. The van der Waals surface area contributed by atoms with Crippen molar-refractivity contribution >= 4 is 5.91 Å². The molecule has 0 unspecified atom stereocenters. The Morgan fingerprint density at radius 3 is 2.38 bits per heavy atom. The summed E-state index contributed by atoms with van der Waals surface area (Å²) in [6.07, 6.45) is 4.98. The van der Waals surface area contributed by atoms with Crippen LogP contribution in [0.1, 0.15) is 39.9 Å². The van der Waals surface area contributed by atoms with Gasteiger partial charge in [-0.15, -0.1) is 0 Å². The molecule has 1 aromatic heterocycles. The van der Waals surface area contributed by atoms with Crippen molar-refractivity contribution in [2.24, 2.45) is 0 Å². The van der Waals surface area contributed by atoms with Gasteiger partial charge in [0.2, 0.25) is 0 Å². The summed E-state index contributed by atoms with van der Waals surface area (Å²) in [4.78, 5) is 18.9. The number of rotatable bonds is 4. The molecule has 1 aliphatic heterocycles. The number of carbonyl (C=O) groups excluding carboxylic acids is 1. The first-order chi connectivity index (χ1) is 14.0. The molecule has 0 N–H and O–H groups in total. The molecule has 1 saturated heterocycles. The molecule has 1 aliphatic rings. The number of para-hydroxylation sites is 1. The summed E-state index contributed by atoms with van der Waals surface area (Å²) in [6.45, 7) is 7.53. The smallest absolute Gasteiger partial charge is 0.254 e. The van der Waals surface area contributed by atoms with Gasteiger partial charge in [-0.3, -0.25) is 4.79 Å². The first-order valence-corrected chi connectivity index (χ1v) is 10.0. The zero-order valence-corrected chi connectivity index (χ0v) is 17.1. The number of carbonyl (C=O) groups is 1. The largest absolute Gasteiger partial charge is 0.490 e. The molecule has 6 nitrogen and oxygen atoms in total. The van der Waals surface area contributed by atoms with Crippen LogP contribution >= 0.6 is 0 Å². The van der Waals surface area contributed by atoms with Gasteiger partial charge in [-0.2, -0.15) is 5.10 Å². The fourth-order valence-corrected chi connectivity index (χ4v) is 3.87. The van der Waals surface area contributed by atoms with Crippen molar-refractivity contribution in [2.75, 3.05) is 13.1 Å². The van der Waals surface area contributed by atoms with Crippen molar-refractivity contribution in [3.8, 4) is 11.4 Å². The quantitative estimate of drug-likeness (QED) is 0.678. The van der Waals surface area contributed by atoms with E-state index in [1.807, 2.05) is 30.0 Å². The Morgan fingerprint density at radius 2 is 1.76 bits per heavy atom. The molecule has 0 spiro atoms. The van der Waals surface area contributed by atoms with E-state index >= 15 is 0 Å². The average molecular weight is 390 g/mol. The van der Waals surface area contributed by atoms with Crippen LogP contribution in [0.2, 0.25) is 0 Å². The lowest BCUT2D eigenvalue weighted by Crippen LogP contribution is -2.42. The van der Waals surface area contributed by atoms with Crippen LogP contribution in [0.15, 0.2) is 49.1 Å². The van der Waals surface area contributed by atoms with Gasteiger partial charge in [0, 0.05) is 31.5 Å². The van der Waals surface area contributed by atoms with Crippen molar-refractivity contribution in [3.05, 3.63) is 71.3 Å². The van der Waals surface area contributed by atoms with E-state index in [1.165, 1.54) is 6.33 Å². The van der Waals surface area contributed by atoms with Gasteiger partial charge in [-0.1, -0.05) is 18.2 Å². The molecule has 1 amide bonds. The minimum absolute atomic E-state index is 0.0816. The average Bonchev–Trinajstić information content (AvgIpc) is 3.26. The van der Waals surface area contributed by atoms with Gasteiger partial charge in [0.25, 0.3) is 5.91 Å². The summed E-state index contributed by atoms with van der Waals surface area (Å²) in [7, 11) is 0. The highest BCUT2D eigenvalue weighted by molar-refractivity contribution is 5.96. The van der Waals surface area contributed by atoms with Crippen molar-refractivity contribution in [1.29, 1.82) is 0 Å². The van der Waals surface area contributed by atoms with Crippen LogP contribution in [0.5, 0.6) is 5.75 Å². The first kappa shape index (κ1) is 19.2. The maximum atomic E-state index is 13.0. The second kappa shape index (κ2) is 8.07. The van der Waals surface area contributed by atoms with Gasteiger partial charge in [0.05, 0.1) is 5.69 Å². The maximum absolute atomic E-state index is 13.0. The van der Waals surface area contributed by atoms with Crippen molar-refractivity contribution < 1.29 is 9.53 Å². The minimum atomic E-state index is 0.0816. The molecular weight excluding hydrogens is 364 g/mol. The van der Waals surface area contributed by atoms with Gasteiger partial charge in [-0.25, -0.2) is 9.67 Å². The standard InChI is InChI=1S/C23H26N4O2/c1-16-5-4-6-17(2)22(16)29-20-9-11-26(12-10-20)23(28)21-8-7-19(13-18(21)3)27-15-24-14-25-27/h4-8,13-15,20H,9-12H2,1-3H3. The van der Waals surface area contributed by atoms with E-state index in [-0.39, 0.29) is 12.0 Å². The second-order valence-corrected chi connectivity index (χ2v) is 7.67. The van der Waals surface area contributed by atoms with Crippen LogP contribution in [-0.2, 0) is 0 Å². The number of nitrogens with zero attached hydrogens (tertiary/aromatic N) is 4. The van der Waals surface area contributed by atoms with Gasteiger partial charge in [-0.05, 0) is 55.7 Å². The normalized spacial score (nSPS) is 14.8. The molecule has 2 aromatic carbocycles. The highest BCUT2D eigenvalue weighted by Gasteiger charge is 2.26. The lowest BCUT2D eigenvalue weighted by Gasteiger charge is -2.33. The van der Waals surface area contributed by atoms with Gasteiger partial charge in [0.15, 0.2) is 0 Å². The number of aryl methyl sites for hydroxylation is 3. The van der Waals surface area contributed by atoms with E-state index < -0.39 is 0 Å². The van der Waals surface area contributed by atoms with Crippen LogP contribution in [0.3, 0.4) is 0 Å². The van der Waals surface area contributed by atoms with E-state index in [9.17, 15) is 4.79 Å². The van der Waals surface area contributed by atoms with Crippen LogP contribution in [0.4, 0.5) is 0 Å². The summed E-state index contributed by atoms with van der Waals surface area (Å²) in [5.74, 6) is 1.06. The second-order valence-electron chi connectivity index (χ2n) is 7.67. The van der Waals surface area contributed by atoms with Crippen LogP contribution in [-0.4, -0.2) is 44.8 Å². The zero-order chi connectivity index (χ0) is 20.4. The van der Waals surface area contributed by atoms with E-state index in [0.29, 0.717) is 13.1 Å². The molecule has 29 heavy (non-hydrogen) atoms. The Hall–Kier alpha value is -3.15. The van der Waals surface area contributed by atoms with E-state index in [0.717, 1.165) is 46.5 Å². The molecule has 0 saturated carbocycles. The molecule has 2 heterocycles. The zero-order valence-electron chi connectivity index (χ0n) is 17.1. The van der Waals surface area contributed by atoms with E-state index in [1.54, 1.807) is 11.0 Å². The Kier molecular flexibility index (Phi) is 5.34. The third-order valence-electron chi connectivity index (χ3n) is 5.55. The lowest BCUT2D eigenvalue weighted by atomic mass is 10.0. The Morgan fingerprint density at radius 1 is 1.03 bits per heavy atom. The van der Waals surface area contributed by atoms with Gasteiger partial charge >= 0.3 is 0 Å². The first-order valence-electron chi connectivity index (χ1n) is 10.0. The third kappa shape index (κ3) is 4.01. The number of ether oxygens (including phenoxy) is 1. The van der Waals surface area contributed by atoms with Crippen molar-refractivity contribution in [3.63, 3.8) is 0 Å². The summed E-state index contributed by atoms with van der Waals surface area (Å²) in [5, 5.41) is 4.14. The molecular formula is C23H26N4O2. The molecule has 0 aliphatic carbocycles. The molecule has 150 valence electrons. The van der Waals surface area contributed by atoms with E-state index in [2.05, 4.69) is 42.1 Å². The van der Waals surface area contributed by atoms with Crippen molar-refractivity contribution in [2.45, 2.75) is 39.7 Å². The topological polar surface area (TPSA) is 60.2 Å². The number of benzene rings is 2. The SMILES string of the molecule is Cc1cc(-n2cncn2)ccc1C(=O)N1CCC(Oc2c(C)cccc2C)CC1. The number of likely N-dealkylation sites (tertiary alicyclic amines) is 1. The molecule has 6 heteroatoms. The minimum Gasteiger partial charge on any atom is -0.490 e. The monoisotopic (exact) mass is 390 g/mol. The molecule has 0 radical (unpaired) electrons. The predicted octanol–water partition coefficient (Wildman–Crippen LogP) is 3.88. The summed E-state index contributed by atoms with van der Waals surface area (Å²) in [5.41, 5.74) is 4.90. The van der Waals surface area contributed by atoms with E-state index in [4.69, 9.17) is 4.74 Å². The Bertz CT molecular complexity index is 985. The summed E-state index contributed by atoms with van der Waals surface area (Å²) in [6, 6.07) is 12.0.